The number of ether oxygens (including phenoxy) is 4. The molecule has 0 aromatic heterocycles. The van der Waals surface area contributed by atoms with Gasteiger partial charge in [-0.3, -0.25) is 4.79 Å². The van der Waals surface area contributed by atoms with Gasteiger partial charge in [0.2, 0.25) is 0 Å². The molecule has 1 aliphatic heterocycles. The highest BCUT2D eigenvalue weighted by molar-refractivity contribution is 5.98. The number of hydrogen-bond donors (Lipinski definition) is 0. The number of hydrogen-bond acceptors (Lipinski definition) is 6. The molecule has 0 bridgehead atoms. The normalized spacial score (nSPS) is 15.1. The van der Waals surface area contributed by atoms with E-state index in [1.807, 2.05) is 31.2 Å². The van der Waals surface area contributed by atoms with Crippen LogP contribution in [0.15, 0.2) is 42.5 Å². The van der Waals surface area contributed by atoms with Crippen molar-refractivity contribution in [1.29, 1.82) is 0 Å². The van der Waals surface area contributed by atoms with Gasteiger partial charge >= 0.3 is 5.97 Å². The van der Waals surface area contributed by atoms with Gasteiger partial charge in [-0.1, -0.05) is 18.2 Å². The van der Waals surface area contributed by atoms with Crippen LogP contribution in [-0.2, 0) is 20.7 Å². The Morgan fingerprint density at radius 1 is 1.03 bits per heavy atom. The fourth-order valence-electron chi connectivity index (χ4n) is 3.54. The van der Waals surface area contributed by atoms with Crippen molar-refractivity contribution in [2.45, 2.75) is 19.4 Å². The smallest absolute Gasteiger partial charge is 0.331 e. The first kappa shape index (κ1) is 21.2. The van der Waals surface area contributed by atoms with Gasteiger partial charge in [0.25, 0.3) is 5.91 Å². The Labute approximate surface area is 175 Å². The molecule has 0 saturated carbocycles. The average molecular weight is 411 g/mol. The first-order valence-corrected chi connectivity index (χ1v) is 9.53. The minimum atomic E-state index is -0.625. The Balaban J connectivity index is 1.65. The Morgan fingerprint density at radius 2 is 1.70 bits per heavy atom. The molecule has 7 heteroatoms. The lowest BCUT2D eigenvalue weighted by molar-refractivity contribution is -0.143. The lowest BCUT2D eigenvalue weighted by Gasteiger charge is -2.22. The number of anilines is 1. The maximum atomic E-state index is 12.6. The highest BCUT2D eigenvalue weighted by Gasteiger charge is 2.30. The summed E-state index contributed by atoms with van der Waals surface area (Å²) in [6.45, 7) is 1.65. The van der Waals surface area contributed by atoms with Crippen LogP contribution in [0.3, 0.4) is 0 Å². The van der Waals surface area contributed by atoms with Crippen LogP contribution in [0.1, 0.15) is 18.1 Å². The van der Waals surface area contributed by atoms with Crippen molar-refractivity contribution < 1.29 is 28.5 Å². The summed E-state index contributed by atoms with van der Waals surface area (Å²) in [5.74, 6) is 0.649. The van der Waals surface area contributed by atoms with Crippen molar-refractivity contribution in [2.24, 2.45) is 0 Å². The zero-order valence-electron chi connectivity index (χ0n) is 17.5. The SMILES string of the molecule is COc1cc(OC)c(OC)cc1/C=C/C(=O)OCC(=O)N1c2ccccc2C[C@@H]1C. The summed E-state index contributed by atoms with van der Waals surface area (Å²) in [5.41, 5.74) is 2.60. The molecule has 0 fully saturated rings. The standard InChI is InChI=1S/C23H25NO6/c1-15-11-16-7-5-6-8-18(16)24(15)22(25)14-30-23(26)10-9-17-12-20(28-3)21(29-4)13-19(17)27-2/h5-10,12-13,15H,11,14H2,1-4H3/b10-9+/t15-/m0/s1. The number of benzene rings is 2. The molecule has 158 valence electrons. The number of fused-ring (bicyclic) bond motifs is 1. The molecular formula is C23H25NO6. The van der Waals surface area contributed by atoms with Gasteiger partial charge in [0.05, 0.1) is 21.3 Å². The van der Waals surface area contributed by atoms with E-state index in [9.17, 15) is 9.59 Å². The summed E-state index contributed by atoms with van der Waals surface area (Å²) in [7, 11) is 4.57. The first-order valence-electron chi connectivity index (χ1n) is 9.53. The third-order valence-electron chi connectivity index (χ3n) is 4.95. The lowest BCUT2D eigenvalue weighted by Crippen LogP contribution is -2.38. The minimum absolute atomic E-state index is 0.0279. The second-order valence-electron chi connectivity index (χ2n) is 6.84. The van der Waals surface area contributed by atoms with Crippen LogP contribution in [0.5, 0.6) is 17.2 Å². The molecule has 3 rings (SSSR count). The average Bonchev–Trinajstić information content (AvgIpc) is 3.10. The minimum Gasteiger partial charge on any atom is -0.496 e. The predicted molar refractivity (Wildman–Crippen MR) is 113 cm³/mol. The van der Waals surface area contributed by atoms with Crippen molar-refractivity contribution in [3.8, 4) is 17.2 Å². The summed E-state index contributed by atoms with van der Waals surface area (Å²) in [6.07, 6.45) is 3.58. The van der Waals surface area contributed by atoms with E-state index < -0.39 is 5.97 Å². The fraction of sp³-hybridized carbons (Fsp3) is 0.304. The number of methoxy groups -OCH3 is 3. The van der Waals surface area contributed by atoms with Crippen LogP contribution in [0.2, 0.25) is 0 Å². The summed E-state index contributed by atoms with van der Waals surface area (Å²) in [6, 6.07) is 11.1. The molecule has 0 aliphatic carbocycles. The lowest BCUT2D eigenvalue weighted by atomic mass is 10.1. The molecule has 2 aromatic rings. The van der Waals surface area contributed by atoms with Crippen molar-refractivity contribution >= 4 is 23.6 Å². The number of rotatable bonds is 7. The van der Waals surface area contributed by atoms with Gasteiger partial charge in [-0.2, -0.15) is 0 Å². The maximum absolute atomic E-state index is 12.6. The second kappa shape index (κ2) is 9.35. The van der Waals surface area contributed by atoms with E-state index in [1.165, 1.54) is 27.4 Å². The largest absolute Gasteiger partial charge is 0.496 e. The molecule has 0 unspecified atom stereocenters. The quantitative estimate of drug-likeness (QED) is 0.514. The van der Waals surface area contributed by atoms with E-state index in [2.05, 4.69) is 0 Å². The Hall–Kier alpha value is -3.48. The third-order valence-corrected chi connectivity index (χ3v) is 4.95. The van der Waals surface area contributed by atoms with E-state index in [1.54, 1.807) is 23.1 Å². The van der Waals surface area contributed by atoms with Gasteiger partial charge in [0, 0.05) is 29.4 Å². The molecular weight excluding hydrogens is 386 g/mol. The van der Waals surface area contributed by atoms with Crippen LogP contribution >= 0.6 is 0 Å². The van der Waals surface area contributed by atoms with E-state index in [0.717, 1.165) is 17.7 Å². The highest BCUT2D eigenvalue weighted by atomic mass is 16.5. The van der Waals surface area contributed by atoms with Gasteiger partial charge in [-0.05, 0) is 37.1 Å². The van der Waals surface area contributed by atoms with E-state index in [-0.39, 0.29) is 18.6 Å². The molecule has 30 heavy (non-hydrogen) atoms. The van der Waals surface area contributed by atoms with E-state index in [4.69, 9.17) is 18.9 Å². The second-order valence-corrected chi connectivity index (χ2v) is 6.84. The van der Waals surface area contributed by atoms with E-state index >= 15 is 0 Å². The summed E-state index contributed by atoms with van der Waals surface area (Å²) >= 11 is 0. The molecule has 0 radical (unpaired) electrons. The van der Waals surface area contributed by atoms with Crippen molar-refractivity contribution in [3.63, 3.8) is 0 Å². The van der Waals surface area contributed by atoms with Gasteiger partial charge < -0.3 is 23.8 Å². The van der Waals surface area contributed by atoms with Crippen LogP contribution in [0.4, 0.5) is 5.69 Å². The highest BCUT2D eigenvalue weighted by Crippen LogP contribution is 2.35. The molecule has 7 nitrogen and oxygen atoms in total. The number of carbonyl (C=O) groups excluding carboxylic acids is 2. The van der Waals surface area contributed by atoms with Gasteiger partial charge in [-0.15, -0.1) is 0 Å². The van der Waals surface area contributed by atoms with Crippen LogP contribution in [-0.4, -0.2) is 45.9 Å². The Kier molecular flexibility index (Phi) is 6.61. The molecule has 0 saturated heterocycles. The number of nitrogens with zero attached hydrogens (tertiary/aromatic N) is 1. The fourth-order valence-corrected chi connectivity index (χ4v) is 3.54. The first-order chi connectivity index (χ1) is 14.5. The molecule has 1 atom stereocenters. The van der Waals surface area contributed by atoms with Gasteiger partial charge in [0.15, 0.2) is 18.1 Å². The monoisotopic (exact) mass is 411 g/mol. The molecule has 0 N–H and O–H groups in total. The zero-order valence-corrected chi connectivity index (χ0v) is 17.5. The Morgan fingerprint density at radius 3 is 2.40 bits per heavy atom. The third kappa shape index (κ3) is 4.40. The molecule has 2 aromatic carbocycles. The van der Waals surface area contributed by atoms with Gasteiger partial charge in [0.1, 0.15) is 5.75 Å². The van der Waals surface area contributed by atoms with Crippen LogP contribution < -0.4 is 19.1 Å². The van der Waals surface area contributed by atoms with Crippen molar-refractivity contribution in [3.05, 3.63) is 53.6 Å². The van der Waals surface area contributed by atoms with Gasteiger partial charge in [-0.25, -0.2) is 4.79 Å². The number of carbonyl (C=O) groups is 2. The molecule has 1 heterocycles. The summed E-state index contributed by atoms with van der Waals surface area (Å²) < 4.78 is 21.0. The van der Waals surface area contributed by atoms with E-state index in [0.29, 0.717) is 22.8 Å². The van der Waals surface area contributed by atoms with Crippen LogP contribution in [0.25, 0.3) is 6.08 Å². The molecule has 1 amide bonds. The maximum Gasteiger partial charge on any atom is 0.331 e. The molecule has 1 aliphatic rings. The zero-order chi connectivity index (χ0) is 21.7. The Bertz CT molecular complexity index is 968. The number of esters is 1. The summed E-state index contributed by atoms with van der Waals surface area (Å²) in [4.78, 5) is 26.5. The predicted octanol–water partition coefficient (Wildman–Crippen LogP) is 3.25. The van der Waals surface area contributed by atoms with Crippen molar-refractivity contribution in [2.75, 3.05) is 32.8 Å². The summed E-state index contributed by atoms with van der Waals surface area (Å²) in [5, 5.41) is 0. The number of amides is 1. The molecule has 0 spiro atoms. The van der Waals surface area contributed by atoms with Crippen molar-refractivity contribution in [1.82, 2.24) is 0 Å². The number of para-hydroxylation sites is 1. The topological polar surface area (TPSA) is 74.3 Å². The van der Waals surface area contributed by atoms with Crippen LogP contribution in [0, 0.1) is 0 Å².